The standard InChI is InChI=1S/C59H111O12P/c1-3-5-7-9-11-13-15-17-19-21-23-25-27-28-30-32-34-36-38-40-42-44-46-48-53(60)70-52(51-69-72(66,67)71-59-57(64)55(62)54(61)56(63)58(59)65)50-68-49-47-45-43-41-39-37-35-33-31-29-26-24-22-20-18-16-14-12-10-8-6-4-2/h15,17,21-24,52,54-59,61-65H,3-14,16,18-20,25-51H2,1-2H3,(H,66,67)/b17-15-,23-21-,24-22-. The number of hydrogen-bond acceptors (Lipinski definition) is 11. The van der Waals surface area contributed by atoms with Gasteiger partial charge in [-0.15, -0.1) is 0 Å². The molecule has 72 heavy (non-hydrogen) atoms. The summed E-state index contributed by atoms with van der Waals surface area (Å²) in [6, 6.07) is 0. The lowest BCUT2D eigenvalue weighted by Crippen LogP contribution is -2.64. The number of ether oxygens (including phenoxy) is 2. The SMILES string of the molecule is CCCCCCC/C=C\C/C=C\CCCCCCCCCCCCCC(=O)OC(COCCCCCCCCCCCC/C=C\CCCCCCCCCC)COP(=O)(O)OC1C(O)C(O)C(O)C(O)C1O. The molecule has 0 saturated heterocycles. The molecule has 1 fully saturated rings. The summed E-state index contributed by atoms with van der Waals surface area (Å²) in [5, 5.41) is 50.5. The highest BCUT2D eigenvalue weighted by Crippen LogP contribution is 2.47. The Balaban J connectivity index is 2.27. The molecule has 1 rings (SSSR count). The van der Waals surface area contributed by atoms with Crippen molar-refractivity contribution in [3.05, 3.63) is 36.5 Å². The summed E-state index contributed by atoms with van der Waals surface area (Å²) in [4.78, 5) is 23.3. The quantitative estimate of drug-likeness (QED) is 0.0146. The average molecular weight is 1040 g/mol. The Morgan fingerprint density at radius 1 is 0.444 bits per heavy atom. The highest BCUT2D eigenvalue weighted by atomic mass is 31.2. The zero-order chi connectivity index (χ0) is 52.6. The van der Waals surface area contributed by atoms with E-state index in [4.69, 9.17) is 18.5 Å². The van der Waals surface area contributed by atoms with Crippen molar-refractivity contribution in [1.29, 1.82) is 0 Å². The molecule has 0 aromatic rings. The lowest BCUT2D eigenvalue weighted by atomic mass is 9.85. The zero-order valence-electron chi connectivity index (χ0n) is 46.0. The Hall–Kier alpha value is -1.44. The summed E-state index contributed by atoms with van der Waals surface area (Å²) in [6.45, 7) is 4.30. The van der Waals surface area contributed by atoms with E-state index in [1.807, 2.05) is 0 Å². The lowest BCUT2D eigenvalue weighted by molar-refractivity contribution is -0.220. The van der Waals surface area contributed by atoms with Gasteiger partial charge in [-0.05, 0) is 70.6 Å². The maximum Gasteiger partial charge on any atom is 0.472 e. The van der Waals surface area contributed by atoms with Crippen molar-refractivity contribution in [1.82, 2.24) is 0 Å². The maximum atomic E-state index is 12.9. The first-order valence-electron chi connectivity index (χ1n) is 29.8. The van der Waals surface area contributed by atoms with E-state index in [1.165, 1.54) is 199 Å². The molecule has 1 aliphatic carbocycles. The minimum atomic E-state index is -5.03. The van der Waals surface area contributed by atoms with Crippen LogP contribution in [0.25, 0.3) is 0 Å². The molecule has 1 saturated carbocycles. The molecule has 6 unspecified atom stereocenters. The van der Waals surface area contributed by atoms with Gasteiger partial charge in [0.1, 0.15) is 42.7 Å². The molecule has 13 heteroatoms. The largest absolute Gasteiger partial charge is 0.472 e. The van der Waals surface area contributed by atoms with Gasteiger partial charge in [0.25, 0.3) is 0 Å². The lowest BCUT2D eigenvalue weighted by Gasteiger charge is -2.41. The van der Waals surface area contributed by atoms with Gasteiger partial charge in [-0.25, -0.2) is 4.57 Å². The van der Waals surface area contributed by atoms with Crippen molar-refractivity contribution in [2.75, 3.05) is 19.8 Å². The molecule has 0 aromatic heterocycles. The van der Waals surface area contributed by atoms with Gasteiger partial charge in [0.15, 0.2) is 0 Å². The molecule has 0 amide bonds. The summed E-state index contributed by atoms with van der Waals surface area (Å²) in [5.41, 5.74) is 0. The number of esters is 1. The van der Waals surface area contributed by atoms with Gasteiger partial charge >= 0.3 is 13.8 Å². The van der Waals surface area contributed by atoms with Crippen LogP contribution in [0.2, 0.25) is 0 Å². The second kappa shape index (κ2) is 49.2. The van der Waals surface area contributed by atoms with E-state index in [0.717, 1.165) is 44.9 Å². The van der Waals surface area contributed by atoms with E-state index >= 15 is 0 Å². The van der Waals surface area contributed by atoms with Crippen LogP contribution in [-0.4, -0.2) is 98.9 Å². The first-order valence-corrected chi connectivity index (χ1v) is 31.3. The topological polar surface area (TPSA) is 192 Å². The number of allylic oxidation sites excluding steroid dienone is 6. The van der Waals surface area contributed by atoms with Gasteiger partial charge in [0.05, 0.1) is 13.2 Å². The second-order valence-electron chi connectivity index (χ2n) is 20.8. The minimum absolute atomic E-state index is 0.0760. The highest BCUT2D eigenvalue weighted by Gasteiger charge is 2.51. The van der Waals surface area contributed by atoms with Crippen LogP contribution in [0.3, 0.4) is 0 Å². The van der Waals surface area contributed by atoms with Crippen molar-refractivity contribution in [3.63, 3.8) is 0 Å². The normalized spacial score (nSPS) is 20.8. The molecular formula is C59H111O12P. The molecule has 12 nitrogen and oxygen atoms in total. The predicted molar refractivity (Wildman–Crippen MR) is 295 cm³/mol. The second-order valence-corrected chi connectivity index (χ2v) is 22.2. The molecule has 1 aliphatic rings. The first kappa shape index (κ1) is 68.6. The third kappa shape index (κ3) is 39.9. The smallest absolute Gasteiger partial charge is 0.457 e. The summed E-state index contributed by atoms with van der Waals surface area (Å²) >= 11 is 0. The molecule has 0 aromatic carbocycles. The number of hydrogen-bond donors (Lipinski definition) is 6. The van der Waals surface area contributed by atoms with Crippen molar-refractivity contribution in [2.45, 2.75) is 313 Å². The number of phosphoric ester groups is 1. The number of aliphatic hydroxyl groups is 5. The zero-order valence-corrected chi connectivity index (χ0v) is 46.9. The molecule has 0 bridgehead atoms. The maximum absolute atomic E-state index is 12.9. The van der Waals surface area contributed by atoms with Crippen molar-refractivity contribution < 1.29 is 58.3 Å². The van der Waals surface area contributed by atoms with Crippen molar-refractivity contribution >= 4 is 13.8 Å². The van der Waals surface area contributed by atoms with Crippen LogP contribution < -0.4 is 0 Å². The van der Waals surface area contributed by atoms with Gasteiger partial charge in [0, 0.05) is 13.0 Å². The van der Waals surface area contributed by atoms with Gasteiger partial charge in [-0.2, -0.15) is 0 Å². The first-order chi connectivity index (χ1) is 35.0. The number of unbranched alkanes of at least 4 members (excludes halogenated alkanes) is 34. The van der Waals surface area contributed by atoms with E-state index in [1.54, 1.807) is 0 Å². The van der Waals surface area contributed by atoms with Gasteiger partial charge in [-0.3, -0.25) is 13.8 Å². The molecule has 0 spiro atoms. The number of carbonyl (C=O) groups is 1. The fourth-order valence-electron chi connectivity index (χ4n) is 9.27. The third-order valence-corrected chi connectivity index (χ3v) is 15.0. The monoisotopic (exact) mass is 1040 g/mol. The van der Waals surface area contributed by atoms with Crippen LogP contribution in [0.15, 0.2) is 36.5 Å². The Morgan fingerprint density at radius 3 is 1.18 bits per heavy atom. The summed E-state index contributed by atoms with van der Waals surface area (Å²) in [5.74, 6) is -0.476. The van der Waals surface area contributed by atoms with Crippen molar-refractivity contribution in [2.24, 2.45) is 0 Å². The molecule has 424 valence electrons. The molecule has 0 radical (unpaired) electrons. The average Bonchev–Trinajstić information content (AvgIpc) is 3.37. The molecule has 0 aliphatic heterocycles. The Morgan fingerprint density at radius 2 is 0.778 bits per heavy atom. The number of phosphoric acid groups is 1. The molecule has 6 N–H and O–H groups in total. The highest BCUT2D eigenvalue weighted by molar-refractivity contribution is 7.47. The van der Waals surface area contributed by atoms with Crippen molar-refractivity contribution in [3.8, 4) is 0 Å². The third-order valence-electron chi connectivity index (χ3n) is 14.0. The molecule has 0 heterocycles. The van der Waals surface area contributed by atoms with E-state index in [9.17, 15) is 39.8 Å². The Labute approximate surface area is 440 Å². The summed E-state index contributed by atoms with van der Waals surface area (Å²) in [7, 11) is -5.03. The predicted octanol–water partition coefficient (Wildman–Crippen LogP) is 14.5. The van der Waals surface area contributed by atoms with E-state index in [-0.39, 0.29) is 13.0 Å². The van der Waals surface area contributed by atoms with Crippen LogP contribution in [0, 0.1) is 0 Å². The van der Waals surface area contributed by atoms with E-state index in [2.05, 4.69) is 50.3 Å². The van der Waals surface area contributed by atoms with Gasteiger partial charge in [0.2, 0.25) is 0 Å². The number of aliphatic hydroxyl groups excluding tert-OH is 5. The van der Waals surface area contributed by atoms with Crippen LogP contribution in [0.1, 0.15) is 271 Å². The van der Waals surface area contributed by atoms with Crippen LogP contribution in [0.5, 0.6) is 0 Å². The number of carbonyl (C=O) groups excluding carboxylic acids is 1. The summed E-state index contributed by atoms with van der Waals surface area (Å²) in [6.07, 6.45) is 49.3. The molecular weight excluding hydrogens is 932 g/mol. The van der Waals surface area contributed by atoms with Crippen LogP contribution in [-0.2, 0) is 27.9 Å². The fraction of sp³-hybridized carbons (Fsp3) is 0.881. The number of rotatable bonds is 52. The minimum Gasteiger partial charge on any atom is -0.457 e. The molecule has 6 atom stereocenters. The summed E-state index contributed by atoms with van der Waals surface area (Å²) < 4.78 is 34.4. The van der Waals surface area contributed by atoms with E-state index in [0.29, 0.717) is 13.0 Å². The fourth-order valence-corrected chi connectivity index (χ4v) is 10.2. The van der Waals surface area contributed by atoms with E-state index < -0.39 is 63.1 Å². The Bertz CT molecular complexity index is 1330. The Kier molecular flexibility index (Phi) is 46.8. The van der Waals surface area contributed by atoms with Gasteiger partial charge < -0.3 is 39.9 Å². The van der Waals surface area contributed by atoms with Crippen LogP contribution >= 0.6 is 7.82 Å². The van der Waals surface area contributed by atoms with Crippen LogP contribution in [0.4, 0.5) is 0 Å². The van der Waals surface area contributed by atoms with Gasteiger partial charge in [-0.1, -0.05) is 230 Å².